The zero-order valence-electron chi connectivity index (χ0n) is 16.6. The van der Waals surface area contributed by atoms with Gasteiger partial charge in [0.15, 0.2) is 0 Å². The van der Waals surface area contributed by atoms with Crippen molar-refractivity contribution in [1.29, 1.82) is 0 Å². The van der Waals surface area contributed by atoms with Crippen LogP contribution in [0.5, 0.6) is 5.75 Å². The zero-order chi connectivity index (χ0) is 20.4. The average Bonchev–Trinajstić information content (AvgIpc) is 2.96. The number of allylic oxidation sites excluding steroid dienone is 1. The summed E-state index contributed by atoms with van der Waals surface area (Å²) in [6.45, 7) is 5.38. The number of esters is 1. The van der Waals surface area contributed by atoms with Gasteiger partial charge in [-0.2, -0.15) is 0 Å². The number of methoxy groups -OCH3 is 1. The SMILES string of the molecule is COc1ccc2c(c1)C(C/C=C/OC(=O)C(C)(C)C)(c1ccccc1)C(=O)N2. The molecule has 0 bridgehead atoms. The minimum Gasteiger partial charge on any atom is -0.497 e. The first-order valence-corrected chi connectivity index (χ1v) is 9.20. The number of ether oxygens (including phenoxy) is 2. The largest absolute Gasteiger partial charge is 0.497 e. The van der Waals surface area contributed by atoms with Crippen LogP contribution in [0.4, 0.5) is 5.69 Å². The predicted octanol–water partition coefficient (Wildman–Crippen LogP) is 4.43. The van der Waals surface area contributed by atoms with Crippen LogP contribution in [-0.4, -0.2) is 19.0 Å². The molecule has 1 aliphatic rings. The lowest BCUT2D eigenvalue weighted by atomic mass is 9.73. The summed E-state index contributed by atoms with van der Waals surface area (Å²) < 4.78 is 10.6. The number of carbonyl (C=O) groups excluding carboxylic acids is 2. The highest BCUT2D eigenvalue weighted by Gasteiger charge is 2.47. The summed E-state index contributed by atoms with van der Waals surface area (Å²) in [6, 6.07) is 15.2. The van der Waals surface area contributed by atoms with Gasteiger partial charge in [-0.3, -0.25) is 9.59 Å². The normalized spacial score (nSPS) is 18.6. The summed E-state index contributed by atoms with van der Waals surface area (Å²) in [5, 5.41) is 2.98. The Hall–Kier alpha value is -3.08. The highest BCUT2D eigenvalue weighted by molar-refractivity contribution is 6.09. The van der Waals surface area contributed by atoms with Crippen molar-refractivity contribution >= 4 is 17.6 Å². The first-order chi connectivity index (χ1) is 13.3. The van der Waals surface area contributed by atoms with E-state index in [1.807, 2.05) is 48.5 Å². The van der Waals surface area contributed by atoms with E-state index in [4.69, 9.17) is 9.47 Å². The van der Waals surface area contributed by atoms with E-state index in [1.165, 1.54) is 6.26 Å². The summed E-state index contributed by atoms with van der Waals surface area (Å²) in [5.41, 5.74) is 0.956. The first-order valence-electron chi connectivity index (χ1n) is 9.20. The number of nitrogens with one attached hydrogen (secondary N) is 1. The van der Waals surface area contributed by atoms with Crippen molar-refractivity contribution in [3.63, 3.8) is 0 Å². The number of rotatable bonds is 5. The Kier molecular flexibility index (Phi) is 5.27. The van der Waals surface area contributed by atoms with E-state index in [-0.39, 0.29) is 11.9 Å². The monoisotopic (exact) mass is 379 g/mol. The molecule has 5 heteroatoms. The lowest BCUT2D eigenvalue weighted by molar-refractivity contribution is -0.146. The molecule has 1 heterocycles. The zero-order valence-corrected chi connectivity index (χ0v) is 16.6. The summed E-state index contributed by atoms with van der Waals surface area (Å²) in [7, 11) is 1.60. The van der Waals surface area contributed by atoms with E-state index in [2.05, 4.69) is 5.32 Å². The summed E-state index contributed by atoms with van der Waals surface area (Å²) >= 11 is 0. The fraction of sp³-hybridized carbons (Fsp3) is 0.304. The molecule has 1 N–H and O–H groups in total. The van der Waals surface area contributed by atoms with Gasteiger partial charge in [0, 0.05) is 5.69 Å². The molecule has 0 aliphatic carbocycles. The van der Waals surface area contributed by atoms with Crippen LogP contribution in [0, 0.1) is 5.41 Å². The molecular weight excluding hydrogens is 354 g/mol. The van der Waals surface area contributed by atoms with Crippen molar-refractivity contribution in [3.8, 4) is 5.75 Å². The minimum atomic E-state index is -0.921. The molecule has 1 unspecified atom stereocenters. The quantitative estimate of drug-likeness (QED) is 0.617. The minimum absolute atomic E-state index is 0.117. The van der Waals surface area contributed by atoms with Gasteiger partial charge in [0.25, 0.3) is 0 Å². The van der Waals surface area contributed by atoms with Gasteiger partial charge in [-0.15, -0.1) is 0 Å². The van der Waals surface area contributed by atoms with Crippen molar-refractivity contribution in [2.75, 3.05) is 12.4 Å². The molecule has 1 atom stereocenters. The van der Waals surface area contributed by atoms with E-state index in [0.717, 1.165) is 16.8 Å². The van der Waals surface area contributed by atoms with Gasteiger partial charge in [0.1, 0.15) is 11.2 Å². The van der Waals surface area contributed by atoms with Gasteiger partial charge in [-0.25, -0.2) is 0 Å². The number of carbonyl (C=O) groups is 2. The fourth-order valence-electron chi connectivity index (χ4n) is 3.31. The Balaban J connectivity index is 2.00. The molecule has 2 aromatic carbocycles. The maximum atomic E-state index is 13.1. The van der Waals surface area contributed by atoms with Crippen LogP contribution in [0.1, 0.15) is 38.3 Å². The predicted molar refractivity (Wildman–Crippen MR) is 108 cm³/mol. The molecule has 0 spiro atoms. The van der Waals surface area contributed by atoms with Crippen molar-refractivity contribution in [2.24, 2.45) is 5.41 Å². The fourth-order valence-corrected chi connectivity index (χ4v) is 3.31. The van der Waals surface area contributed by atoms with E-state index in [9.17, 15) is 9.59 Å². The van der Waals surface area contributed by atoms with Crippen LogP contribution in [0.3, 0.4) is 0 Å². The first kappa shape index (κ1) is 19.7. The lowest BCUT2D eigenvalue weighted by Crippen LogP contribution is -2.35. The van der Waals surface area contributed by atoms with Crippen molar-refractivity contribution in [1.82, 2.24) is 0 Å². The van der Waals surface area contributed by atoms with Crippen LogP contribution in [-0.2, 0) is 19.7 Å². The van der Waals surface area contributed by atoms with E-state index < -0.39 is 10.8 Å². The molecule has 1 aliphatic heterocycles. The Morgan fingerprint density at radius 2 is 1.86 bits per heavy atom. The van der Waals surface area contributed by atoms with E-state index in [1.54, 1.807) is 34.0 Å². The molecule has 146 valence electrons. The third-order valence-electron chi connectivity index (χ3n) is 4.90. The third kappa shape index (κ3) is 3.52. The smallest absolute Gasteiger partial charge is 0.316 e. The Morgan fingerprint density at radius 3 is 2.50 bits per heavy atom. The molecule has 0 radical (unpaired) electrons. The molecule has 3 rings (SSSR count). The molecule has 1 amide bonds. The maximum Gasteiger partial charge on any atom is 0.316 e. The summed E-state index contributed by atoms with van der Waals surface area (Å²) in [5.74, 6) is 0.239. The Labute approximate surface area is 165 Å². The molecule has 0 aromatic heterocycles. The summed E-state index contributed by atoms with van der Waals surface area (Å²) in [6.07, 6.45) is 3.45. The number of benzene rings is 2. The molecule has 0 saturated carbocycles. The van der Waals surface area contributed by atoms with Crippen LogP contribution in [0.25, 0.3) is 0 Å². The molecule has 2 aromatic rings. The van der Waals surface area contributed by atoms with E-state index in [0.29, 0.717) is 12.2 Å². The van der Waals surface area contributed by atoms with Gasteiger partial charge in [-0.05, 0) is 62.6 Å². The molecule has 5 nitrogen and oxygen atoms in total. The van der Waals surface area contributed by atoms with Gasteiger partial charge in [-0.1, -0.05) is 30.3 Å². The molecular formula is C23H25NO4. The van der Waals surface area contributed by atoms with Crippen molar-refractivity contribution < 1.29 is 19.1 Å². The highest BCUT2D eigenvalue weighted by atomic mass is 16.5. The van der Waals surface area contributed by atoms with Crippen LogP contribution in [0.2, 0.25) is 0 Å². The lowest BCUT2D eigenvalue weighted by Gasteiger charge is -2.27. The average molecular weight is 379 g/mol. The Bertz CT molecular complexity index is 912. The number of fused-ring (bicyclic) bond motifs is 1. The van der Waals surface area contributed by atoms with Gasteiger partial charge in [0.2, 0.25) is 5.91 Å². The second-order valence-corrected chi connectivity index (χ2v) is 7.87. The number of amides is 1. The second-order valence-electron chi connectivity index (χ2n) is 7.87. The van der Waals surface area contributed by atoms with Gasteiger partial charge < -0.3 is 14.8 Å². The van der Waals surface area contributed by atoms with Gasteiger partial charge in [0.05, 0.1) is 18.8 Å². The number of hydrogen-bond acceptors (Lipinski definition) is 4. The topological polar surface area (TPSA) is 64.6 Å². The number of hydrogen-bond donors (Lipinski definition) is 1. The van der Waals surface area contributed by atoms with Crippen molar-refractivity contribution in [3.05, 3.63) is 72.0 Å². The molecule has 0 fully saturated rings. The van der Waals surface area contributed by atoms with Crippen LogP contribution < -0.4 is 10.1 Å². The molecule has 0 saturated heterocycles. The molecule has 28 heavy (non-hydrogen) atoms. The van der Waals surface area contributed by atoms with E-state index >= 15 is 0 Å². The van der Waals surface area contributed by atoms with Crippen LogP contribution in [0.15, 0.2) is 60.9 Å². The third-order valence-corrected chi connectivity index (χ3v) is 4.90. The van der Waals surface area contributed by atoms with Gasteiger partial charge >= 0.3 is 5.97 Å². The summed E-state index contributed by atoms with van der Waals surface area (Å²) in [4.78, 5) is 25.1. The second kappa shape index (κ2) is 7.50. The maximum absolute atomic E-state index is 13.1. The Morgan fingerprint density at radius 1 is 1.14 bits per heavy atom. The van der Waals surface area contributed by atoms with Crippen molar-refractivity contribution in [2.45, 2.75) is 32.6 Å². The number of anilines is 1. The van der Waals surface area contributed by atoms with Crippen LogP contribution >= 0.6 is 0 Å². The standard InChI is InChI=1S/C23H25NO4/c1-22(2,3)21(26)28-14-8-13-23(16-9-6-5-7-10-16)18-15-17(27-4)11-12-19(18)24-20(23)25/h5-12,14-15H,13H2,1-4H3,(H,24,25)/b14-8+. The highest BCUT2D eigenvalue weighted by Crippen LogP contribution is 2.46.